The highest BCUT2D eigenvalue weighted by Crippen LogP contribution is 2.36. The molecule has 9 nitrogen and oxygen atoms in total. The lowest BCUT2D eigenvalue weighted by molar-refractivity contribution is 0.0996. The van der Waals surface area contributed by atoms with E-state index in [1.807, 2.05) is 31.2 Å². The van der Waals surface area contributed by atoms with E-state index in [1.165, 1.54) is 0 Å². The third-order valence-corrected chi connectivity index (χ3v) is 7.76. The average molecular weight is 473 g/mol. The molecule has 3 aromatic rings. The van der Waals surface area contributed by atoms with E-state index in [0.29, 0.717) is 30.0 Å². The molecule has 9 heteroatoms. The zero-order valence-corrected chi connectivity index (χ0v) is 20.6. The second-order valence-electron chi connectivity index (χ2n) is 10.0. The summed E-state index contributed by atoms with van der Waals surface area (Å²) in [6, 6.07) is 8.25. The minimum atomic E-state index is -0.266. The van der Waals surface area contributed by atoms with Crippen LogP contribution in [0.5, 0.6) is 0 Å². The maximum absolute atomic E-state index is 13.7. The van der Waals surface area contributed by atoms with Crippen molar-refractivity contribution in [3.63, 3.8) is 0 Å². The molecule has 1 amide bonds. The van der Waals surface area contributed by atoms with Crippen LogP contribution in [-0.4, -0.2) is 43.2 Å². The predicted octanol–water partition coefficient (Wildman–Crippen LogP) is 3.80. The van der Waals surface area contributed by atoms with Gasteiger partial charge in [-0.3, -0.25) is 9.69 Å². The van der Waals surface area contributed by atoms with Crippen molar-refractivity contribution in [2.24, 2.45) is 5.73 Å². The predicted molar refractivity (Wildman–Crippen MR) is 134 cm³/mol. The molecule has 3 atom stereocenters. The van der Waals surface area contributed by atoms with Gasteiger partial charge in [0.1, 0.15) is 23.2 Å². The second kappa shape index (κ2) is 8.41. The van der Waals surface area contributed by atoms with Gasteiger partial charge in [0.15, 0.2) is 5.82 Å². The number of aromatic nitrogens is 5. The molecule has 3 aliphatic heterocycles. The molecule has 0 radical (unpaired) electrons. The monoisotopic (exact) mass is 472 g/mol. The molecule has 6 rings (SSSR count). The molecule has 182 valence electrons. The molecule has 2 N–H and O–H groups in total. The van der Waals surface area contributed by atoms with E-state index in [4.69, 9.17) is 15.7 Å². The van der Waals surface area contributed by atoms with Gasteiger partial charge in [-0.2, -0.15) is 0 Å². The molecule has 3 aromatic heterocycles. The van der Waals surface area contributed by atoms with Crippen LogP contribution in [0.4, 0.5) is 11.6 Å². The van der Waals surface area contributed by atoms with Gasteiger partial charge in [-0.15, -0.1) is 10.2 Å². The van der Waals surface area contributed by atoms with E-state index < -0.39 is 0 Å². The summed E-state index contributed by atoms with van der Waals surface area (Å²) in [5, 5.41) is 8.84. The molecule has 0 aliphatic carbocycles. The van der Waals surface area contributed by atoms with Crippen LogP contribution in [-0.2, 0) is 13.0 Å². The number of nitrogens with two attached hydrogens (primary N) is 1. The van der Waals surface area contributed by atoms with Gasteiger partial charge in [0.2, 0.25) is 0 Å². The minimum absolute atomic E-state index is 0.0556. The average Bonchev–Trinajstić information content (AvgIpc) is 3.63. The summed E-state index contributed by atoms with van der Waals surface area (Å²) in [5.41, 5.74) is 9.46. The van der Waals surface area contributed by atoms with Crippen molar-refractivity contribution in [1.29, 1.82) is 0 Å². The highest BCUT2D eigenvalue weighted by molar-refractivity contribution is 6.10. The molecule has 35 heavy (non-hydrogen) atoms. The zero-order chi connectivity index (χ0) is 24.3. The van der Waals surface area contributed by atoms with Crippen molar-refractivity contribution in [3.05, 3.63) is 46.9 Å². The number of amides is 1. The fourth-order valence-corrected chi connectivity index (χ4v) is 5.85. The van der Waals surface area contributed by atoms with Gasteiger partial charge in [0.05, 0.1) is 17.8 Å². The van der Waals surface area contributed by atoms with Gasteiger partial charge >= 0.3 is 0 Å². The molecule has 0 aromatic carbocycles. The summed E-state index contributed by atoms with van der Waals surface area (Å²) in [7, 11) is 0. The lowest BCUT2D eigenvalue weighted by Crippen LogP contribution is -2.28. The van der Waals surface area contributed by atoms with E-state index in [0.717, 1.165) is 73.1 Å². The first-order valence-electron chi connectivity index (χ1n) is 12.7. The van der Waals surface area contributed by atoms with Crippen molar-refractivity contribution >= 4 is 17.5 Å². The lowest BCUT2D eigenvalue weighted by atomic mass is 10.0. The fourth-order valence-electron chi connectivity index (χ4n) is 5.85. The number of hydrogen-bond acceptors (Lipinski definition) is 7. The Bertz CT molecular complexity index is 1300. The van der Waals surface area contributed by atoms with Crippen LogP contribution in [0, 0.1) is 0 Å². The summed E-state index contributed by atoms with van der Waals surface area (Å²) in [6.07, 6.45) is 5.32. The maximum Gasteiger partial charge on any atom is 0.260 e. The SMILES string of the molecule is CC[C@H]1CCc2nnc(-c3cccc(N4Cc5c(cc(N6CCC[C@H]6C)nc5[C@H](C)N)C4=O)n3)n21. The molecule has 1 fully saturated rings. The molecule has 0 saturated carbocycles. The quantitative estimate of drug-likeness (QED) is 0.602. The zero-order valence-electron chi connectivity index (χ0n) is 20.6. The molecule has 0 spiro atoms. The standard InChI is InChI=1S/C26H32N8O/c1-4-17-10-11-22-30-31-25(34(17)22)20-8-5-9-21(28-20)33-14-19-18(26(33)35)13-23(29-24(19)16(3)27)32-12-6-7-15(32)2/h5,8-9,13,15-17H,4,6-7,10-12,14,27H2,1-3H3/t15-,16+,17+/m1/s1. The third kappa shape index (κ3) is 3.52. The minimum Gasteiger partial charge on any atom is -0.354 e. The van der Waals surface area contributed by atoms with Crippen molar-refractivity contribution in [3.8, 4) is 11.5 Å². The lowest BCUT2D eigenvalue weighted by Gasteiger charge is -2.24. The maximum atomic E-state index is 13.7. The summed E-state index contributed by atoms with van der Waals surface area (Å²) < 4.78 is 2.22. The summed E-state index contributed by atoms with van der Waals surface area (Å²) in [6.45, 7) is 7.70. The fraction of sp³-hybridized carbons (Fsp3) is 0.500. The highest BCUT2D eigenvalue weighted by atomic mass is 16.2. The molecule has 1 saturated heterocycles. The number of hydrogen-bond donors (Lipinski definition) is 1. The number of rotatable bonds is 5. The van der Waals surface area contributed by atoms with E-state index in [2.05, 4.69) is 33.5 Å². The molecule has 0 bridgehead atoms. The summed E-state index contributed by atoms with van der Waals surface area (Å²) in [4.78, 5) is 27.5. The van der Waals surface area contributed by atoms with Crippen LogP contribution in [0.15, 0.2) is 24.3 Å². The first-order valence-corrected chi connectivity index (χ1v) is 12.7. The molecule has 0 unspecified atom stereocenters. The van der Waals surface area contributed by atoms with E-state index in [1.54, 1.807) is 4.90 Å². The number of nitrogens with zero attached hydrogens (tertiary/aromatic N) is 7. The molecular formula is C26H32N8O. The number of carbonyl (C=O) groups is 1. The Kier molecular flexibility index (Phi) is 5.32. The summed E-state index contributed by atoms with van der Waals surface area (Å²) in [5.74, 6) is 3.19. The van der Waals surface area contributed by atoms with Crippen molar-refractivity contribution in [1.82, 2.24) is 24.7 Å². The van der Waals surface area contributed by atoms with E-state index in [9.17, 15) is 4.79 Å². The van der Waals surface area contributed by atoms with Gasteiger partial charge in [0.25, 0.3) is 5.91 Å². The van der Waals surface area contributed by atoms with Crippen LogP contribution in [0.3, 0.4) is 0 Å². The molecule has 3 aliphatic rings. The Hall–Kier alpha value is -3.33. The summed E-state index contributed by atoms with van der Waals surface area (Å²) >= 11 is 0. The Morgan fingerprint density at radius 1 is 1.17 bits per heavy atom. The van der Waals surface area contributed by atoms with Gasteiger partial charge in [0, 0.05) is 36.7 Å². The van der Waals surface area contributed by atoms with E-state index >= 15 is 0 Å². The highest BCUT2D eigenvalue weighted by Gasteiger charge is 2.35. The first-order chi connectivity index (χ1) is 17.0. The Labute approximate surface area is 205 Å². The Morgan fingerprint density at radius 2 is 2.03 bits per heavy atom. The second-order valence-corrected chi connectivity index (χ2v) is 10.0. The molecular weight excluding hydrogens is 440 g/mol. The van der Waals surface area contributed by atoms with Gasteiger partial charge in [-0.1, -0.05) is 13.0 Å². The van der Waals surface area contributed by atoms with Crippen molar-refractivity contribution in [2.45, 2.75) is 77.5 Å². The topological polar surface area (TPSA) is 106 Å². The number of aryl methyl sites for hydroxylation is 1. The van der Waals surface area contributed by atoms with Gasteiger partial charge < -0.3 is 15.2 Å². The normalized spacial score (nSPS) is 22.1. The van der Waals surface area contributed by atoms with Gasteiger partial charge in [-0.05, 0) is 57.7 Å². The number of anilines is 2. The Balaban J connectivity index is 1.37. The first kappa shape index (κ1) is 22.2. The van der Waals surface area contributed by atoms with Crippen LogP contribution >= 0.6 is 0 Å². The number of fused-ring (bicyclic) bond motifs is 2. The van der Waals surface area contributed by atoms with Gasteiger partial charge in [-0.25, -0.2) is 9.97 Å². The van der Waals surface area contributed by atoms with Crippen molar-refractivity contribution < 1.29 is 4.79 Å². The molecule has 6 heterocycles. The van der Waals surface area contributed by atoms with Crippen LogP contribution < -0.4 is 15.5 Å². The number of carbonyl (C=O) groups excluding carboxylic acids is 1. The Morgan fingerprint density at radius 3 is 2.77 bits per heavy atom. The third-order valence-electron chi connectivity index (χ3n) is 7.76. The van der Waals surface area contributed by atoms with Crippen LogP contribution in [0.2, 0.25) is 0 Å². The van der Waals surface area contributed by atoms with Crippen LogP contribution in [0.25, 0.3) is 11.5 Å². The smallest absolute Gasteiger partial charge is 0.260 e. The number of pyridine rings is 2. The van der Waals surface area contributed by atoms with Crippen LogP contribution in [0.1, 0.15) is 86.0 Å². The van der Waals surface area contributed by atoms with Crippen molar-refractivity contribution in [2.75, 3.05) is 16.3 Å². The van der Waals surface area contributed by atoms with E-state index in [-0.39, 0.29) is 11.9 Å². The largest absolute Gasteiger partial charge is 0.354 e.